The summed E-state index contributed by atoms with van der Waals surface area (Å²) in [5.74, 6) is 0.293. The summed E-state index contributed by atoms with van der Waals surface area (Å²) < 4.78 is 0. The van der Waals surface area contributed by atoms with Crippen LogP contribution in [0.25, 0.3) is 0 Å². The molecule has 16 heavy (non-hydrogen) atoms. The fraction of sp³-hybridized carbons (Fsp3) is 0.500. The van der Waals surface area contributed by atoms with Crippen LogP contribution in [0.3, 0.4) is 0 Å². The number of hydrogen-bond acceptors (Lipinski definition) is 3. The number of hydrogen-bond donors (Lipinski definition) is 2. The topological polar surface area (TPSA) is 32.3 Å². The lowest BCUT2D eigenvalue weighted by Gasteiger charge is -2.18. The number of thioether (sulfide) groups is 1. The molecule has 0 aliphatic heterocycles. The van der Waals surface area contributed by atoms with Crippen molar-refractivity contribution in [3.8, 4) is 5.75 Å². The summed E-state index contributed by atoms with van der Waals surface area (Å²) in [4.78, 5) is 0. The van der Waals surface area contributed by atoms with Crippen molar-refractivity contribution < 1.29 is 5.11 Å². The van der Waals surface area contributed by atoms with Gasteiger partial charge in [-0.2, -0.15) is 11.8 Å². The molecule has 0 radical (unpaired) electrons. The van der Waals surface area contributed by atoms with Crippen LogP contribution in [-0.4, -0.2) is 23.2 Å². The summed E-state index contributed by atoms with van der Waals surface area (Å²) in [6.07, 6.45) is 2.09. The minimum atomic E-state index is 0.105. The average Bonchev–Trinajstić information content (AvgIpc) is 2.28. The second kappa shape index (κ2) is 6.38. The monoisotopic (exact) mass is 259 g/mol. The Bertz CT molecular complexity index is 346. The summed E-state index contributed by atoms with van der Waals surface area (Å²) >= 11 is 7.73. The molecule has 0 saturated heterocycles. The molecule has 0 heterocycles. The first-order chi connectivity index (χ1) is 7.54. The number of benzene rings is 1. The van der Waals surface area contributed by atoms with Crippen molar-refractivity contribution in [1.82, 2.24) is 5.32 Å². The van der Waals surface area contributed by atoms with E-state index in [4.69, 9.17) is 11.6 Å². The van der Waals surface area contributed by atoms with E-state index in [1.54, 1.807) is 18.2 Å². The lowest BCUT2D eigenvalue weighted by molar-refractivity contribution is 0.453. The van der Waals surface area contributed by atoms with Gasteiger partial charge in [0.25, 0.3) is 0 Å². The largest absolute Gasteiger partial charge is 0.508 e. The zero-order valence-electron chi connectivity index (χ0n) is 9.83. The standard InChI is InChI=1S/C12H18ClNOS/c1-8(16-3)7-14-9(2)11-6-10(13)4-5-12(11)15/h4-6,8-9,14-15H,7H2,1-3H3. The van der Waals surface area contributed by atoms with Crippen molar-refractivity contribution in [1.29, 1.82) is 0 Å². The Morgan fingerprint density at radius 2 is 2.12 bits per heavy atom. The molecule has 0 amide bonds. The molecule has 0 aliphatic rings. The molecular weight excluding hydrogens is 242 g/mol. The molecule has 0 aliphatic carbocycles. The van der Waals surface area contributed by atoms with Crippen LogP contribution in [0.1, 0.15) is 25.5 Å². The normalized spacial score (nSPS) is 14.8. The molecule has 2 unspecified atom stereocenters. The summed E-state index contributed by atoms with van der Waals surface area (Å²) in [5, 5.41) is 14.3. The van der Waals surface area contributed by atoms with Crippen LogP contribution in [-0.2, 0) is 0 Å². The third kappa shape index (κ3) is 3.89. The number of phenols is 1. The van der Waals surface area contributed by atoms with Crippen molar-refractivity contribution >= 4 is 23.4 Å². The van der Waals surface area contributed by atoms with Gasteiger partial charge >= 0.3 is 0 Å². The molecule has 0 fully saturated rings. The predicted octanol–water partition coefficient (Wildman–Crippen LogP) is 3.45. The SMILES string of the molecule is CSC(C)CNC(C)c1cc(Cl)ccc1O. The van der Waals surface area contributed by atoms with Crippen LogP contribution in [0.15, 0.2) is 18.2 Å². The Kier molecular flexibility index (Phi) is 5.46. The van der Waals surface area contributed by atoms with Crippen molar-refractivity contribution in [2.24, 2.45) is 0 Å². The molecule has 1 aromatic carbocycles. The van der Waals surface area contributed by atoms with Crippen molar-refractivity contribution in [2.45, 2.75) is 25.1 Å². The Balaban J connectivity index is 2.65. The third-order valence-electron chi connectivity index (χ3n) is 2.57. The molecule has 0 bridgehead atoms. The zero-order valence-corrected chi connectivity index (χ0v) is 11.4. The number of nitrogens with one attached hydrogen (secondary N) is 1. The Labute approximate surface area is 106 Å². The molecule has 2 N–H and O–H groups in total. The smallest absolute Gasteiger partial charge is 0.120 e. The van der Waals surface area contributed by atoms with E-state index in [-0.39, 0.29) is 6.04 Å². The molecule has 1 rings (SSSR count). The van der Waals surface area contributed by atoms with Gasteiger partial charge in [-0.05, 0) is 31.4 Å². The van der Waals surface area contributed by atoms with Gasteiger partial charge in [-0.3, -0.25) is 0 Å². The van der Waals surface area contributed by atoms with Gasteiger partial charge < -0.3 is 10.4 Å². The summed E-state index contributed by atoms with van der Waals surface area (Å²) in [5.41, 5.74) is 0.848. The first kappa shape index (κ1) is 13.7. The molecule has 0 saturated carbocycles. The van der Waals surface area contributed by atoms with Crippen LogP contribution in [0.4, 0.5) is 0 Å². The van der Waals surface area contributed by atoms with Crippen LogP contribution in [0.5, 0.6) is 5.75 Å². The van der Waals surface area contributed by atoms with Crippen molar-refractivity contribution in [3.63, 3.8) is 0 Å². The predicted molar refractivity (Wildman–Crippen MR) is 72.5 cm³/mol. The molecule has 0 aromatic heterocycles. The molecule has 90 valence electrons. The van der Waals surface area contributed by atoms with E-state index in [1.807, 2.05) is 18.7 Å². The summed E-state index contributed by atoms with van der Waals surface area (Å²) in [6.45, 7) is 5.11. The molecule has 1 aromatic rings. The highest BCUT2D eigenvalue weighted by molar-refractivity contribution is 7.99. The highest BCUT2D eigenvalue weighted by atomic mass is 35.5. The average molecular weight is 260 g/mol. The summed E-state index contributed by atoms with van der Waals surface area (Å²) in [6, 6.07) is 5.23. The fourth-order valence-corrected chi connectivity index (χ4v) is 1.85. The quantitative estimate of drug-likeness (QED) is 0.850. The maximum absolute atomic E-state index is 9.72. The van der Waals surface area contributed by atoms with Crippen LogP contribution < -0.4 is 5.32 Å². The van der Waals surface area contributed by atoms with Gasteiger partial charge in [0.2, 0.25) is 0 Å². The van der Waals surface area contributed by atoms with Gasteiger partial charge in [-0.1, -0.05) is 18.5 Å². The molecule has 2 nitrogen and oxygen atoms in total. The Morgan fingerprint density at radius 3 is 2.75 bits per heavy atom. The second-order valence-corrected chi connectivity index (χ2v) is 5.59. The van der Waals surface area contributed by atoms with Gasteiger partial charge in [0.15, 0.2) is 0 Å². The van der Waals surface area contributed by atoms with E-state index in [1.165, 1.54) is 0 Å². The van der Waals surface area contributed by atoms with E-state index >= 15 is 0 Å². The van der Waals surface area contributed by atoms with Gasteiger partial charge in [-0.25, -0.2) is 0 Å². The van der Waals surface area contributed by atoms with E-state index in [2.05, 4.69) is 18.5 Å². The minimum absolute atomic E-state index is 0.105. The highest BCUT2D eigenvalue weighted by Crippen LogP contribution is 2.27. The van der Waals surface area contributed by atoms with E-state index in [0.717, 1.165) is 12.1 Å². The highest BCUT2D eigenvalue weighted by Gasteiger charge is 2.11. The number of halogens is 1. The van der Waals surface area contributed by atoms with E-state index < -0.39 is 0 Å². The van der Waals surface area contributed by atoms with Crippen LogP contribution in [0, 0.1) is 0 Å². The Morgan fingerprint density at radius 1 is 1.44 bits per heavy atom. The third-order valence-corrected chi connectivity index (χ3v) is 3.78. The Hall–Kier alpha value is -0.380. The van der Waals surface area contributed by atoms with Gasteiger partial charge in [0, 0.05) is 28.4 Å². The first-order valence-electron chi connectivity index (χ1n) is 5.29. The number of rotatable bonds is 5. The lowest BCUT2D eigenvalue weighted by Crippen LogP contribution is -2.25. The maximum Gasteiger partial charge on any atom is 0.120 e. The number of aromatic hydroxyl groups is 1. The number of phenolic OH excluding ortho intramolecular Hbond substituents is 1. The maximum atomic E-state index is 9.72. The molecule has 0 spiro atoms. The van der Waals surface area contributed by atoms with Crippen LogP contribution >= 0.6 is 23.4 Å². The lowest BCUT2D eigenvalue weighted by atomic mass is 10.1. The van der Waals surface area contributed by atoms with Gasteiger partial charge in [-0.15, -0.1) is 0 Å². The van der Waals surface area contributed by atoms with E-state index in [0.29, 0.717) is 16.0 Å². The van der Waals surface area contributed by atoms with Gasteiger partial charge in [0.1, 0.15) is 5.75 Å². The fourth-order valence-electron chi connectivity index (χ4n) is 1.41. The van der Waals surface area contributed by atoms with E-state index in [9.17, 15) is 5.11 Å². The van der Waals surface area contributed by atoms with Crippen molar-refractivity contribution in [3.05, 3.63) is 28.8 Å². The minimum Gasteiger partial charge on any atom is -0.508 e. The second-order valence-electron chi connectivity index (χ2n) is 3.88. The zero-order chi connectivity index (χ0) is 12.1. The first-order valence-corrected chi connectivity index (χ1v) is 6.95. The summed E-state index contributed by atoms with van der Waals surface area (Å²) in [7, 11) is 0. The van der Waals surface area contributed by atoms with Crippen LogP contribution in [0.2, 0.25) is 5.02 Å². The molecule has 4 heteroatoms. The molecular formula is C12H18ClNOS. The molecule has 2 atom stereocenters. The van der Waals surface area contributed by atoms with Gasteiger partial charge in [0.05, 0.1) is 0 Å². The van der Waals surface area contributed by atoms with Crippen molar-refractivity contribution in [2.75, 3.05) is 12.8 Å².